The van der Waals surface area contributed by atoms with Crippen LogP contribution < -0.4 is 4.90 Å². The number of ether oxygens (including phenoxy) is 1. The fraction of sp³-hybridized carbons (Fsp3) is 0.345. The molecule has 0 aliphatic heterocycles. The Kier molecular flexibility index (Phi) is 9.95. The third kappa shape index (κ3) is 8.15. The number of anilines is 1. The van der Waals surface area contributed by atoms with Crippen molar-refractivity contribution in [2.24, 2.45) is 4.40 Å². The van der Waals surface area contributed by atoms with Crippen molar-refractivity contribution in [2.75, 3.05) is 40.2 Å². The molecule has 3 rings (SSSR count). The van der Waals surface area contributed by atoms with Crippen LogP contribution in [-0.4, -0.2) is 77.6 Å². The average molecular weight is 601 g/mol. The van der Waals surface area contributed by atoms with Crippen molar-refractivity contribution >= 4 is 45.4 Å². The summed E-state index contributed by atoms with van der Waals surface area (Å²) in [4.78, 5) is 34.4. The Balaban J connectivity index is 1.99. The molecule has 0 unspecified atom stereocenters. The van der Waals surface area contributed by atoms with Gasteiger partial charge in [0.25, 0.3) is 10.0 Å². The number of hydroxylamine groups is 2. The largest absolute Gasteiger partial charge is 0.443 e. The number of likely N-dealkylation sites (N-methyl/N-ethyl adjacent to an activating group) is 1. The third-order valence-electron chi connectivity index (χ3n) is 5.91. The normalized spacial score (nSPS) is 11.9. The van der Waals surface area contributed by atoms with E-state index in [0.717, 1.165) is 27.1 Å². The number of nitrogens with zero attached hydrogens (tertiary/aromatic N) is 4. The first kappa shape index (κ1) is 31.8. The molecule has 220 valence electrons. The Bertz CT molecular complexity index is 1510. The van der Waals surface area contributed by atoms with Gasteiger partial charge in [0.2, 0.25) is 5.91 Å². The molecule has 0 saturated carbocycles. The van der Waals surface area contributed by atoms with Crippen LogP contribution in [0.2, 0.25) is 0 Å². The lowest BCUT2D eigenvalue weighted by molar-refractivity contribution is -0.167. The summed E-state index contributed by atoms with van der Waals surface area (Å²) in [5, 5.41) is 3.11. The second-order valence-corrected chi connectivity index (χ2v) is 13.0. The van der Waals surface area contributed by atoms with Gasteiger partial charge in [0.15, 0.2) is 0 Å². The molecule has 0 atom stereocenters. The number of benzene rings is 2. The van der Waals surface area contributed by atoms with Gasteiger partial charge < -0.3 is 9.64 Å². The lowest BCUT2D eigenvalue weighted by Gasteiger charge is -2.24. The fourth-order valence-corrected chi connectivity index (χ4v) is 5.73. The molecule has 0 aliphatic carbocycles. The topological polar surface area (TPSA) is 109 Å². The Morgan fingerprint density at radius 3 is 2.07 bits per heavy atom. The zero-order valence-corrected chi connectivity index (χ0v) is 26.2. The average Bonchev–Trinajstić information content (AvgIpc) is 3.33. The van der Waals surface area contributed by atoms with Crippen LogP contribution >= 0.6 is 11.3 Å². The Labute approximate surface area is 245 Å². The van der Waals surface area contributed by atoms with Crippen molar-refractivity contribution in [3.8, 4) is 21.6 Å². The van der Waals surface area contributed by atoms with Crippen LogP contribution in [-0.2, 0) is 30.8 Å². The minimum Gasteiger partial charge on any atom is -0.443 e. The first-order valence-corrected chi connectivity index (χ1v) is 15.0. The van der Waals surface area contributed by atoms with Crippen LogP contribution in [0.1, 0.15) is 26.3 Å². The predicted molar refractivity (Wildman–Crippen MR) is 163 cm³/mol. The Morgan fingerprint density at radius 2 is 1.54 bits per heavy atom. The van der Waals surface area contributed by atoms with Crippen molar-refractivity contribution in [1.82, 2.24) is 9.96 Å². The highest BCUT2D eigenvalue weighted by atomic mass is 32.2. The monoisotopic (exact) mass is 600 g/mol. The smallest absolute Gasteiger partial charge is 0.414 e. The summed E-state index contributed by atoms with van der Waals surface area (Å²) >= 11 is 1.47. The van der Waals surface area contributed by atoms with Gasteiger partial charge in [-0.05, 0) is 72.7 Å². The number of carbonyl (C=O) groups excluding carboxylic acids is 2. The van der Waals surface area contributed by atoms with Gasteiger partial charge in [-0.2, -0.15) is 8.42 Å². The number of carbonyl (C=O) groups is 2. The molecule has 1 aromatic heterocycles. The maximum Gasteiger partial charge on any atom is 0.414 e. The molecule has 0 spiro atoms. The van der Waals surface area contributed by atoms with E-state index in [0.29, 0.717) is 5.69 Å². The molecule has 12 heteroatoms. The minimum absolute atomic E-state index is 0.0608. The standard InChI is InChI=1S/C29H36N4O6S2/c1-29(2,3)39-28(35)32(6)22-13-9-21(10-14-22)27-24(17-26(34)33(7)38-8)25(18-40-27)20-11-15-23(16-12-20)41(36,37)30-19-31(4)5/h9-16,18-19H,17H2,1-8H3. The fourth-order valence-electron chi connectivity index (χ4n) is 3.70. The van der Waals surface area contributed by atoms with Crippen LogP contribution in [0.25, 0.3) is 21.6 Å². The van der Waals surface area contributed by atoms with Gasteiger partial charge in [0.05, 0.1) is 18.4 Å². The van der Waals surface area contributed by atoms with Crippen LogP contribution in [0.5, 0.6) is 0 Å². The van der Waals surface area contributed by atoms with Crippen molar-refractivity contribution in [3.63, 3.8) is 0 Å². The summed E-state index contributed by atoms with van der Waals surface area (Å²) in [5.41, 5.74) is 3.24. The molecule has 41 heavy (non-hydrogen) atoms. The summed E-state index contributed by atoms with van der Waals surface area (Å²) < 4.78 is 34.3. The number of thiophene rings is 1. The molecule has 0 bridgehead atoms. The van der Waals surface area contributed by atoms with Gasteiger partial charge in [-0.3, -0.25) is 14.5 Å². The molecule has 0 aliphatic rings. The van der Waals surface area contributed by atoms with E-state index >= 15 is 0 Å². The predicted octanol–water partition coefficient (Wildman–Crippen LogP) is 5.29. The summed E-state index contributed by atoms with van der Waals surface area (Å²) in [7, 11) is 4.14. The highest BCUT2D eigenvalue weighted by Gasteiger charge is 2.23. The molecular weight excluding hydrogens is 564 g/mol. The highest BCUT2D eigenvalue weighted by molar-refractivity contribution is 7.90. The van der Waals surface area contributed by atoms with Crippen molar-refractivity contribution in [1.29, 1.82) is 0 Å². The molecular formula is C29H36N4O6S2. The van der Waals surface area contributed by atoms with E-state index in [1.807, 2.05) is 50.4 Å². The van der Waals surface area contributed by atoms with E-state index in [9.17, 15) is 18.0 Å². The number of hydrogen-bond donors (Lipinski definition) is 0. The van der Waals surface area contributed by atoms with Crippen molar-refractivity contribution < 1.29 is 27.6 Å². The maximum absolute atomic E-state index is 12.9. The van der Waals surface area contributed by atoms with Gasteiger partial charge in [-0.25, -0.2) is 9.86 Å². The Hall–Kier alpha value is -3.74. The van der Waals surface area contributed by atoms with Gasteiger partial charge >= 0.3 is 6.09 Å². The highest BCUT2D eigenvalue weighted by Crippen LogP contribution is 2.40. The molecule has 1 heterocycles. The molecule has 0 N–H and O–H groups in total. The molecule has 2 amide bonds. The van der Waals surface area contributed by atoms with Gasteiger partial charge in [-0.15, -0.1) is 15.7 Å². The van der Waals surface area contributed by atoms with Crippen LogP contribution in [0.4, 0.5) is 10.5 Å². The summed E-state index contributed by atoms with van der Waals surface area (Å²) in [6.45, 7) is 5.43. The van der Waals surface area contributed by atoms with Gasteiger partial charge in [0, 0.05) is 38.8 Å². The van der Waals surface area contributed by atoms with E-state index in [4.69, 9.17) is 9.57 Å². The number of amides is 2. The molecule has 0 radical (unpaired) electrons. The second-order valence-electron chi connectivity index (χ2n) is 10.5. The van der Waals surface area contributed by atoms with Crippen LogP contribution in [0, 0.1) is 0 Å². The summed E-state index contributed by atoms with van der Waals surface area (Å²) in [6.07, 6.45) is 0.835. The molecule has 0 saturated heterocycles. The van der Waals surface area contributed by atoms with E-state index < -0.39 is 21.7 Å². The van der Waals surface area contributed by atoms with E-state index in [1.165, 1.54) is 46.9 Å². The quantitative estimate of drug-likeness (QED) is 0.186. The van der Waals surface area contributed by atoms with Gasteiger partial charge in [-0.1, -0.05) is 24.3 Å². The minimum atomic E-state index is -3.85. The zero-order chi connectivity index (χ0) is 30.5. The van der Waals surface area contributed by atoms with Crippen LogP contribution in [0.15, 0.2) is 63.2 Å². The first-order valence-electron chi connectivity index (χ1n) is 12.7. The molecule has 2 aromatic carbocycles. The lowest BCUT2D eigenvalue weighted by atomic mass is 9.97. The second kappa shape index (κ2) is 12.8. The Morgan fingerprint density at radius 1 is 0.951 bits per heavy atom. The summed E-state index contributed by atoms with van der Waals surface area (Å²) in [5.74, 6) is -0.244. The number of hydrogen-bond acceptors (Lipinski definition) is 7. The van der Waals surface area contributed by atoms with E-state index in [2.05, 4.69) is 4.40 Å². The first-order chi connectivity index (χ1) is 19.1. The number of sulfonamides is 1. The third-order valence-corrected chi connectivity index (χ3v) is 8.22. The maximum atomic E-state index is 12.9. The molecule has 3 aromatic rings. The zero-order valence-electron chi connectivity index (χ0n) is 24.5. The van der Waals surface area contributed by atoms with Crippen molar-refractivity contribution in [2.45, 2.75) is 37.7 Å². The lowest BCUT2D eigenvalue weighted by Crippen LogP contribution is -2.34. The summed E-state index contributed by atoms with van der Waals surface area (Å²) in [6, 6.07) is 13.8. The van der Waals surface area contributed by atoms with E-state index in [-0.39, 0.29) is 17.2 Å². The van der Waals surface area contributed by atoms with Crippen molar-refractivity contribution in [3.05, 3.63) is 59.5 Å². The van der Waals surface area contributed by atoms with Gasteiger partial charge in [0.1, 0.15) is 11.9 Å². The SMILES string of the molecule is CON(C)C(=O)Cc1c(-c2ccc(S(=O)(=O)N=CN(C)C)cc2)csc1-c1ccc(N(C)C(=O)OC(C)(C)C)cc1. The van der Waals surface area contributed by atoms with E-state index in [1.54, 1.807) is 45.2 Å². The molecule has 0 fully saturated rings. The molecule has 10 nitrogen and oxygen atoms in total. The van der Waals surface area contributed by atoms with Crippen LogP contribution in [0.3, 0.4) is 0 Å². The number of rotatable bonds is 9.